The average molecular weight is 310 g/mol. The van der Waals surface area contributed by atoms with Gasteiger partial charge < -0.3 is 10.2 Å². The van der Waals surface area contributed by atoms with Crippen LogP contribution in [0.5, 0.6) is 0 Å². The van der Waals surface area contributed by atoms with Crippen LogP contribution < -0.4 is 10.2 Å². The predicted octanol–water partition coefficient (Wildman–Crippen LogP) is 2.81. The molecule has 1 aromatic heterocycles. The fourth-order valence-electron chi connectivity index (χ4n) is 2.79. The van der Waals surface area contributed by atoms with E-state index in [1.807, 2.05) is 12.4 Å². The Morgan fingerprint density at radius 2 is 2.28 bits per heavy atom. The maximum Gasteiger partial charge on any atom is 0.0592 e. The van der Waals surface area contributed by atoms with Gasteiger partial charge in [0, 0.05) is 25.0 Å². The summed E-state index contributed by atoms with van der Waals surface area (Å²) in [4.78, 5) is 6.75. The van der Waals surface area contributed by atoms with Crippen LogP contribution in [0.2, 0.25) is 0 Å². The first-order chi connectivity index (χ1) is 8.84. The van der Waals surface area contributed by atoms with Crippen molar-refractivity contribution in [1.29, 1.82) is 0 Å². The lowest BCUT2D eigenvalue weighted by Gasteiger charge is -2.32. The average Bonchev–Trinajstić information content (AvgIpc) is 3.23. The number of anilines is 1. The van der Waals surface area contributed by atoms with Gasteiger partial charge in [-0.1, -0.05) is 0 Å². The van der Waals surface area contributed by atoms with Gasteiger partial charge in [0.1, 0.15) is 0 Å². The Labute approximate surface area is 117 Å². The van der Waals surface area contributed by atoms with Crippen molar-refractivity contribution in [2.45, 2.75) is 31.7 Å². The van der Waals surface area contributed by atoms with Crippen LogP contribution in [-0.2, 0) is 0 Å². The molecule has 4 heteroatoms. The third-order valence-corrected chi connectivity index (χ3v) is 4.51. The summed E-state index contributed by atoms with van der Waals surface area (Å²) in [5, 5.41) is 3.51. The minimum Gasteiger partial charge on any atom is -0.367 e. The second-order valence-corrected chi connectivity index (χ2v) is 6.28. The molecule has 3 rings (SSSR count). The van der Waals surface area contributed by atoms with Crippen LogP contribution in [0.15, 0.2) is 22.9 Å². The predicted molar refractivity (Wildman–Crippen MR) is 77.9 cm³/mol. The maximum atomic E-state index is 4.17. The Morgan fingerprint density at radius 3 is 2.94 bits per heavy atom. The van der Waals surface area contributed by atoms with E-state index in [4.69, 9.17) is 0 Å². The fraction of sp³-hybridized carbons (Fsp3) is 0.643. The number of rotatable bonds is 4. The van der Waals surface area contributed by atoms with Crippen molar-refractivity contribution < 1.29 is 0 Å². The van der Waals surface area contributed by atoms with Crippen molar-refractivity contribution in [2.75, 3.05) is 24.5 Å². The molecule has 1 aliphatic carbocycles. The summed E-state index contributed by atoms with van der Waals surface area (Å²) in [6.07, 6.45) is 9.17. The van der Waals surface area contributed by atoms with E-state index < -0.39 is 0 Å². The van der Waals surface area contributed by atoms with E-state index in [1.54, 1.807) is 0 Å². The first-order valence-electron chi connectivity index (χ1n) is 6.91. The molecule has 98 valence electrons. The van der Waals surface area contributed by atoms with Gasteiger partial charge in [0.15, 0.2) is 0 Å². The van der Waals surface area contributed by atoms with Crippen molar-refractivity contribution in [2.24, 2.45) is 5.92 Å². The van der Waals surface area contributed by atoms with Crippen LogP contribution in [0.3, 0.4) is 0 Å². The second-order valence-electron chi connectivity index (χ2n) is 5.42. The molecule has 1 aliphatic heterocycles. The molecular weight excluding hydrogens is 290 g/mol. The standard InChI is InChI=1S/C14H20BrN3/c15-13-9-17-7-5-14(13)18(12-3-4-12)10-11-2-1-6-16-8-11/h5,7,9,11-12,16H,1-4,6,8,10H2. The quantitative estimate of drug-likeness (QED) is 0.927. The highest BCUT2D eigenvalue weighted by atomic mass is 79.9. The second kappa shape index (κ2) is 5.57. The molecule has 0 amide bonds. The smallest absolute Gasteiger partial charge is 0.0592 e. The summed E-state index contributed by atoms with van der Waals surface area (Å²) in [7, 11) is 0. The molecule has 18 heavy (non-hydrogen) atoms. The lowest BCUT2D eigenvalue weighted by Crippen LogP contribution is -2.39. The number of halogens is 1. The van der Waals surface area contributed by atoms with Crippen LogP contribution in [0.25, 0.3) is 0 Å². The third-order valence-electron chi connectivity index (χ3n) is 3.90. The van der Waals surface area contributed by atoms with Crippen LogP contribution in [0, 0.1) is 5.92 Å². The summed E-state index contributed by atoms with van der Waals surface area (Å²) in [6.45, 7) is 3.55. The topological polar surface area (TPSA) is 28.2 Å². The number of pyridine rings is 1. The summed E-state index contributed by atoms with van der Waals surface area (Å²) < 4.78 is 1.13. The molecule has 1 atom stereocenters. The van der Waals surface area contributed by atoms with E-state index in [9.17, 15) is 0 Å². The Hall–Kier alpha value is -0.610. The van der Waals surface area contributed by atoms with E-state index in [0.717, 1.165) is 16.4 Å². The lowest BCUT2D eigenvalue weighted by atomic mass is 9.99. The maximum absolute atomic E-state index is 4.17. The molecule has 2 heterocycles. The molecule has 1 N–H and O–H groups in total. The normalized spacial score (nSPS) is 23.9. The number of piperidine rings is 1. The minimum atomic E-state index is 0.755. The molecule has 1 saturated heterocycles. The number of hydrogen-bond donors (Lipinski definition) is 1. The molecule has 2 aliphatic rings. The Balaban J connectivity index is 1.73. The highest BCUT2D eigenvalue weighted by Crippen LogP contribution is 2.36. The minimum absolute atomic E-state index is 0.755. The summed E-state index contributed by atoms with van der Waals surface area (Å²) in [6, 6.07) is 2.89. The fourth-order valence-corrected chi connectivity index (χ4v) is 3.27. The Bertz CT molecular complexity index is 400. The lowest BCUT2D eigenvalue weighted by molar-refractivity contribution is 0.376. The van der Waals surface area contributed by atoms with Crippen LogP contribution in [0.4, 0.5) is 5.69 Å². The highest BCUT2D eigenvalue weighted by Gasteiger charge is 2.32. The molecule has 0 bridgehead atoms. The molecule has 1 aromatic rings. The van der Waals surface area contributed by atoms with Gasteiger partial charge in [0.05, 0.1) is 10.2 Å². The zero-order chi connectivity index (χ0) is 12.4. The van der Waals surface area contributed by atoms with E-state index in [0.29, 0.717) is 0 Å². The molecule has 1 unspecified atom stereocenters. The Morgan fingerprint density at radius 1 is 1.39 bits per heavy atom. The van der Waals surface area contributed by atoms with Gasteiger partial charge in [0.25, 0.3) is 0 Å². The van der Waals surface area contributed by atoms with Gasteiger partial charge in [0.2, 0.25) is 0 Å². The molecule has 0 radical (unpaired) electrons. The van der Waals surface area contributed by atoms with Crippen molar-refractivity contribution in [3.63, 3.8) is 0 Å². The van der Waals surface area contributed by atoms with E-state index in [1.165, 1.54) is 51.0 Å². The Kier molecular flexibility index (Phi) is 3.85. The van der Waals surface area contributed by atoms with Crippen LogP contribution in [0.1, 0.15) is 25.7 Å². The van der Waals surface area contributed by atoms with E-state index >= 15 is 0 Å². The van der Waals surface area contributed by atoms with Crippen molar-refractivity contribution >= 4 is 21.6 Å². The first kappa shape index (κ1) is 12.4. The molecule has 0 aromatic carbocycles. The summed E-state index contributed by atoms with van der Waals surface area (Å²) in [5.74, 6) is 0.791. The SMILES string of the molecule is Brc1cnccc1N(CC1CCCNC1)C1CC1. The van der Waals surface area contributed by atoms with Crippen molar-refractivity contribution in [3.8, 4) is 0 Å². The van der Waals surface area contributed by atoms with Gasteiger partial charge in [-0.15, -0.1) is 0 Å². The number of nitrogens with one attached hydrogen (secondary N) is 1. The van der Waals surface area contributed by atoms with Gasteiger partial charge in [-0.3, -0.25) is 4.98 Å². The van der Waals surface area contributed by atoms with Crippen LogP contribution >= 0.6 is 15.9 Å². The van der Waals surface area contributed by atoms with Gasteiger partial charge >= 0.3 is 0 Å². The third kappa shape index (κ3) is 2.86. The highest BCUT2D eigenvalue weighted by molar-refractivity contribution is 9.10. The number of hydrogen-bond acceptors (Lipinski definition) is 3. The van der Waals surface area contributed by atoms with Crippen molar-refractivity contribution in [1.82, 2.24) is 10.3 Å². The van der Waals surface area contributed by atoms with Crippen LogP contribution in [-0.4, -0.2) is 30.7 Å². The molecular formula is C14H20BrN3. The number of nitrogens with zero attached hydrogens (tertiary/aromatic N) is 2. The summed E-state index contributed by atoms with van der Waals surface area (Å²) >= 11 is 3.64. The van der Waals surface area contributed by atoms with Gasteiger partial charge in [-0.25, -0.2) is 0 Å². The van der Waals surface area contributed by atoms with Gasteiger partial charge in [-0.2, -0.15) is 0 Å². The largest absolute Gasteiger partial charge is 0.367 e. The number of aromatic nitrogens is 1. The summed E-state index contributed by atoms with van der Waals surface area (Å²) in [5.41, 5.74) is 1.32. The molecule has 0 spiro atoms. The monoisotopic (exact) mass is 309 g/mol. The van der Waals surface area contributed by atoms with Crippen molar-refractivity contribution in [3.05, 3.63) is 22.9 Å². The molecule has 2 fully saturated rings. The molecule has 1 saturated carbocycles. The zero-order valence-corrected chi connectivity index (χ0v) is 12.2. The zero-order valence-electron chi connectivity index (χ0n) is 10.6. The first-order valence-corrected chi connectivity index (χ1v) is 7.71. The van der Waals surface area contributed by atoms with Gasteiger partial charge in [-0.05, 0) is 66.7 Å². The van der Waals surface area contributed by atoms with E-state index in [-0.39, 0.29) is 0 Å². The van der Waals surface area contributed by atoms with E-state index in [2.05, 4.69) is 37.2 Å². The molecule has 3 nitrogen and oxygen atoms in total.